The first kappa shape index (κ1) is 15.6. The van der Waals surface area contributed by atoms with E-state index in [0.717, 1.165) is 38.8 Å². The molecule has 3 N–H and O–H groups in total. The number of hydrogen-bond donors (Lipinski definition) is 2. The molecular formula is C16H23FN2O2. The highest BCUT2D eigenvalue weighted by Gasteiger charge is 2.32. The first-order chi connectivity index (χ1) is 9.92. The van der Waals surface area contributed by atoms with E-state index in [1.54, 1.807) is 0 Å². The van der Waals surface area contributed by atoms with Crippen LogP contribution >= 0.6 is 0 Å². The minimum absolute atomic E-state index is 0.328. The van der Waals surface area contributed by atoms with Crippen LogP contribution in [0.1, 0.15) is 49.9 Å². The lowest BCUT2D eigenvalue weighted by atomic mass is 9.74. The van der Waals surface area contributed by atoms with Crippen LogP contribution in [0, 0.1) is 11.2 Å². The number of carbonyl (C=O) groups is 1. The van der Waals surface area contributed by atoms with E-state index in [1.165, 1.54) is 12.1 Å². The van der Waals surface area contributed by atoms with Crippen LogP contribution < -0.4 is 10.6 Å². The highest BCUT2D eigenvalue weighted by molar-refractivity contribution is 5.91. The van der Waals surface area contributed by atoms with Crippen LogP contribution in [0.4, 0.5) is 15.8 Å². The molecule has 1 heterocycles. The molecule has 116 valence electrons. The minimum Gasteiger partial charge on any atom is -0.478 e. The zero-order chi connectivity index (χ0) is 15.6. The Kier molecular flexibility index (Phi) is 4.40. The predicted octanol–water partition coefficient (Wildman–Crippen LogP) is 3.51. The standard InChI is InChI=1S/C16H23FN2O2/c1-3-16(4-2)5-7-19(8-6-16)14-10-12(17)11(15(20)21)9-13(14)18/h9-10H,3-8,18H2,1-2H3,(H,20,21). The molecule has 0 amide bonds. The maximum Gasteiger partial charge on any atom is 0.338 e. The number of aromatic carboxylic acids is 1. The molecule has 21 heavy (non-hydrogen) atoms. The van der Waals surface area contributed by atoms with Gasteiger partial charge in [0.25, 0.3) is 0 Å². The molecule has 0 saturated carbocycles. The zero-order valence-corrected chi connectivity index (χ0v) is 12.7. The van der Waals surface area contributed by atoms with Crippen molar-refractivity contribution in [3.8, 4) is 0 Å². The van der Waals surface area contributed by atoms with Crippen LogP contribution in [-0.4, -0.2) is 24.2 Å². The summed E-state index contributed by atoms with van der Waals surface area (Å²) in [6.45, 7) is 6.10. The van der Waals surface area contributed by atoms with E-state index in [-0.39, 0.29) is 5.56 Å². The van der Waals surface area contributed by atoms with Gasteiger partial charge in [-0.15, -0.1) is 0 Å². The number of rotatable bonds is 4. The number of piperidine rings is 1. The van der Waals surface area contributed by atoms with Gasteiger partial charge in [0.15, 0.2) is 0 Å². The van der Waals surface area contributed by atoms with Gasteiger partial charge in [-0.3, -0.25) is 0 Å². The summed E-state index contributed by atoms with van der Waals surface area (Å²) >= 11 is 0. The summed E-state index contributed by atoms with van der Waals surface area (Å²) < 4.78 is 13.9. The van der Waals surface area contributed by atoms with Gasteiger partial charge in [0, 0.05) is 19.2 Å². The molecule has 1 aromatic rings. The van der Waals surface area contributed by atoms with Crippen molar-refractivity contribution in [1.29, 1.82) is 0 Å². The molecule has 1 aliphatic rings. The molecule has 1 aromatic carbocycles. The average Bonchev–Trinajstić information content (AvgIpc) is 2.49. The second kappa shape index (κ2) is 5.92. The molecule has 0 unspecified atom stereocenters. The third kappa shape index (κ3) is 2.96. The number of halogens is 1. The summed E-state index contributed by atoms with van der Waals surface area (Å²) in [6, 6.07) is 2.47. The lowest BCUT2D eigenvalue weighted by Gasteiger charge is -2.42. The SMILES string of the molecule is CCC1(CC)CCN(c2cc(F)c(C(=O)O)cc2N)CC1. The van der Waals surface area contributed by atoms with Crippen LogP contribution in [0.3, 0.4) is 0 Å². The van der Waals surface area contributed by atoms with Gasteiger partial charge in [0.1, 0.15) is 5.82 Å². The fourth-order valence-electron chi connectivity index (χ4n) is 3.20. The fourth-order valence-corrected chi connectivity index (χ4v) is 3.20. The monoisotopic (exact) mass is 294 g/mol. The van der Waals surface area contributed by atoms with E-state index in [9.17, 15) is 9.18 Å². The van der Waals surface area contributed by atoms with Crippen LogP contribution in [-0.2, 0) is 0 Å². The molecule has 2 rings (SSSR count). The Morgan fingerprint density at radius 1 is 1.33 bits per heavy atom. The van der Waals surface area contributed by atoms with Gasteiger partial charge in [-0.25, -0.2) is 9.18 Å². The lowest BCUT2D eigenvalue weighted by molar-refractivity contribution is 0.0692. The van der Waals surface area contributed by atoms with Gasteiger partial charge in [0.2, 0.25) is 0 Å². The summed E-state index contributed by atoms with van der Waals surface area (Å²) in [5, 5.41) is 8.91. The van der Waals surface area contributed by atoms with Crippen molar-refractivity contribution in [3.63, 3.8) is 0 Å². The van der Waals surface area contributed by atoms with Gasteiger partial charge in [0.05, 0.1) is 16.9 Å². The normalized spacial score (nSPS) is 17.8. The highest BCUT2D eigenvalue weighted by Crippen LogP contribution is 2.40. The van der Waals surface area contributed by atoms with Crippen molar-refractivity contribution >= 4 is 17.3 Å². The number of benzene rings is 1. The third-order valence-corrected chi connectivity index (χ3v) is 5.01. The maximum absolute atomic E-state index is 13.9. The Morgan fingerprint density at radius 3 is 2.38 bits per heavy atom. The van der Waals surface area contributed by atoms with Crippen molar-refractivity contribution in [2.24, 2.45) is 5.41 Å². The second-order valence-electron chi connectivity index (χ2n) is 5.89. The van der Waals surface area contributed by atoms with Gasteiger partial charge in [-0.1, -0.05) is 26.7 Å². The summed E-state index contributed by atoms with van der Waals surface area (Å²) in [5.41, 5.74) is 6.87. The van der Waals surface area contributed by atoms with Crippen LogP contribution in [0.2, 0.25) is 0 Å². The van der Waals surface area contributed by atoms with Crippen molar-refractivity contribution in [3.05, 3.63) is 23.5 Å². The summed E-state index contributed by atoms with van der Waals surface area (Å²) in [5.74, 6) is -2.02. The van der Waals surface area contributed by atoms with Gasteiger partial charge < -0.3 is 15.7 Å². The molecular weight excluding hydrogens is 271 g/mol. The number of nitrogen functional groups attached to an aromatic ring is 1. The summed E-state index contributed by atoms with van der Waals surface area (Å²) in [6.07, 6.45) is 4.42. The van der Waals surface area contributed by atoms with Crippen molar-refractivity contribution in [1.82, 2.24) is 0 Å². The van der Waals surface area contributed by atoms with Crippen LogP contribution in [0.25, 0.3) is 0 Å². The first-order valence-electron chi connectivity index (χ1n) is 7.49. The van der Waals surface area contributed by atoms with Gasteiger partial charge in [-0.05, 0) is 24.3 Å². The second-order valence-corrected chi connectivity index (χ2v) is 5.89. The molecule has 1 aliphatic heterocycles. The quantitative estimate of drug-likeness (QED) is 0.834. The Morgan fingerprint density at radius 2 is 1.90 bits per heavy atom. The van der Waals surface area contributed by atoms with Crippen molar-refractivity contribution in [2.75, 3.05) is 23.7 Å². The van der Waals surface area contributed by atoms with E-state index < -0.39 is 11.8 Å². The van der Waals surface area contributed by atoms with Crippen molar-refractivity contribution < 1.29 is 14.3 Å². The Balaban J connectivity index is 2.21. The topological polar surface area (TPSA) is 66.6 Å². The maximum atomic E-state index is 13.9. The highest BCUT2D eigenvalue weighted by atomic mass is 19.1. The molecule has 0 bridgehead atoms. The minimum atomic E-state index is -1.29. The van der Waals surface area contributed by atoms with Crippen molar-refractivity contribution in [2.45, 2.75) is 39.5 Å². The number of hydrogen-bond acceptors (Lipinski definition) is 3. The fraction of sp³-hybridized carbons (Fsp3) is 0.562. The summed E-state index contributed by atoms with van der Waals surface area (Å²) in [7, 11) is 0. The van der Waals surface area contributed by atoms with E-state index in [1.807, 2.05) is 0 Å². The third-order valence-electron chi connectivity index (χ3n) is 5.01. The van der Waals surface area contributed by atoms with E-state index in [4.69, 9.17) is 10.8 Å². The first-order valence-corrected chi connectivity index (χ1v) is 7.49. The summed E-state index contributed by atoms with van der Waals surface area (Å²) in [4.78, 5) is 13.0. The molecule has 0 atom stereocenters. The Hall–Kier alpha value is -1.78. The lowest BCUT2D eigenvalue weighted by Crippen LogP contribution is -2.40. The molecule has 1 saturated heterocycles. The molecule has 4 nitrogen and oxygen atoms in total. The molecule has 0 spiro atoms. The van der Waals surface area contributed by atoms with E-state index in [2.05, 4.69) is 18.7 Å². The molecule has 0 aliphatic carbocycles. The Labute approximate surface area is 124 Å². The molecule has 0 aromatic heterocycles. The largest absolute Gasteiger partial charge is 0.478 e. The molecule has 1 fully saturated rings. The number of nitrogens with zero attached hydrogens (tertiary/aromatic N) is 1. The average molecular weight is 294 g/mol. The van der Waals surface area contributed by atoms with E-state index in [0.29, 0.717) is 16.8 Å². The number of carboxylic acids is 1. The molecule has 5 heteroatoms. The predicted molar refractivity (Wildman–Crippen MR) is 82.2 cm³/mol. The Bertz CT molecular complexity index is 531. The van der Waals surface area contributed by atoms with Gasteiger partial charge >= 0.3 is 5.97 Å². The number of nitrogens with two attached hydrogens (primary N) is 1. The van der Waals surface area contributed by atoms with Crippen LogP contribution in [0.15, 0.2) is 12.1 Å². The van der Waals surface area contributed by atoms with Crippen LogP contribution in [0.5, 0.6) is 0 Å². The number of carboxylic acid groups (broad SMARTS) is 1. The zero-order valence-electron chi connectivity index (χ0n) is 12.7. The molecule has 0 radical (unpaired) electrons. The van der Waals surface area contributed by atoms with E-state index >= 15 is 0 Å². The smallest absolute Gasteiger partial charge is 0.338 e. The number of anilines is 2. The van der Waals surface area contributed by atoms with Gasteiger partial charge in [-0.2, -0.15) is 0 Å².